The van der Waals surface area contributed by atoms with E-state index in [9.17, 15) is 23.1 Å². The van der Waals surface area contributed by atoms with Crippen molar-refractivity contribution in [2.75, 3.05) is 20.3 Å². The van der Waals surface area contributed by atoms with Gasteiger partial charge < -0.3 is 24.2 Å². The van der Waals surface area contributed by atoms with Crippen LogP contribution in [0, 0.1) is 0 Å². The Morgan fingerprint density at radius 3 is 2.43 bits per heavy atom. The highest BCUT2D eigenvalue weighted by Gasteiger charge is 2.42. The maximum atomic E-state index is 13.9. The van der Waals surface area contributed by atoms with Crippen molar-refractivity contribution in [3.8, 4) is 34.3 Å². The first kappa shape index (κ1) is 24.1. The summed E-state index contributed by atoms with van der Waals surface area (Å²) in [5, 5.41) is 20.0. The molecule has 12 heteroatoms. The molecule has 0 unspecified atom stereocenters. The Balaban J connectivity index is 1.58. The molecule has 0 aliphatic rings. The molecular formula is C23H19F3N4O5. The number of halogens is 3. The lowest BCUT2D eigenvalue weighted by molar-refractivity contribution is -0.137. The fourth-order valence-electron chi connectivity index (χ4n) is 3.26. The molecule has 4 rings (SSSR count). The fraction of sp³-hybridized carbons (Fsp3) is 0.217. The molecule has 0 radical (unpaired) electrons. The van der Waals surface area contributed by atoms with Crippen molar-refractivity contribution in [3.63, 3.8) is 0 Å². The summed E-state index contributed by atoms with van der Waals surface area (Å²) in [6.45, 7) is 0.537. The van der Waals surface area contributed by atoms with Crippen LogP contribution >= 0.6 is 0 Å². The number of ether oxygens (including phenoxy) is 1. The van der Waals surface area contributed by atoms with Crippen LogP contribution in [0.1, 0.15) is 17.2 Å². The van der Waals surface area contributed by atoms with E-state index < -0.39 is 41.1 Å². The summed E-state index contributed by atoms with van der Waals surface area (Å²) >= 11 is 0. The first-order valence-corrected chi connectivity index (χ1v) is 10.3. The molecule has 182 valence electrons. The summed E-state index contributed by atoms with van der Waals surface area (Å²) in [7, 11) is 1.49. The molecule has 0 bridgehead atoms. The standard InChI is InChI=1S/C23H19F3N4O5/c1-33-12-11-27-21(32)18(31)14-7-9-15(10-8-14)20-28-22(35-30-20)19-16(23(24,25)26)17(29-34-19)13-5-3-2-4-6-13/h2-10,18,31H,11-12H2,1H3,(H,27,32)/t18-/m1/s1. The van der Waals surface area contributed by atoms with Crippen molar-refractivity contribution in [2.24, 2.45) is 0 Å². The summed E-state index contributed by atoms with van der Waals surface area (Å²) in [6, 6.07) is 13.7. The van der Waals surface area contributed by atoms with Gasteiger partial charge in [0.1, 0.15) is 11.3 Å². The van der Waals surface area contributed by atoms with Gasteiger partial charge in [0, 0.05) is 24.8 Å². The van der Waals surface area contributed by atoms with Crippen LogP contribution < -0.4 is 5.32 Å². The predicted molar refractivity (Wildman–Crippen MR) is 116 cm³/mol. The lowest BCUT2D eigenvalue weighted by atomic mass is 10.1. The van der Waals surface area contributed by atoms with E-state index in [1.807, 2.05) is 0 Å². The van der Waals surface area contributed by atoms with E-state index >= 15 is 0 Å². The number of carbonyl (C=O) groups excluding carboxylic acids is 1. The van der Waals surface area contributed by atoms with Gasteiger partial charge in [-0.2, -0.15) is 18.2 Å². The molecule has 4 aromatic rings. The summed E-state index contributed by atoms with van der Waals surface area (Å²) < 4.78 is 56.5. The van der Waals surface area contributed by atoms with Gasteiger partial charge in [-0.25, -0.2) is 0 Å². The predicted octanol–water partition coefficient (Wildman–Crippen LogP) is 3.87. The van der Waals surface area contributed by atoms with Gasteiger partial charge in [0.15, 0.2) is 6.10 Å². The third-order valence-corrected chi connectivity index (χ3v) is 4.98. The zero-order valence-electron chi connectivity index (χ0n) is 18.2. The molecule has 0 aliphatic heterocycles. The molecule has 0 fully saturated rings. The van der Waals surface area contributed by atoms with Gasteiger partial charge in [-0.3, -0.25) is 4.79 Å². The zero-order valence-corrected chi connectivity index (χ0v) is 18.2. The number of aliphatic hydroxyl groups is 1. The van der Waals surface area contributed by atoms with Gasteiger partial charge in [0.2, 0.25) is 11.6 Å². The van der Waals surface area contributed by atoms with Crippen molar-refractivity contribution < 1.29 is 36.9 Å². The molecule has 2 aromatic heterocycles. The molecular weight excluding hydrogens is 469 g/mol. The van der Waals surface area contributed by atoms with E-state index in [4.69, 9.17) is 13.8 Å². The molecule has 0 saturated carbocycles. The highest BCUT2D eigenvalue weighted by molar-refractivity contribution is 5.82. The van der Waals surface area contributed by atoms with Crippen LogP contribution in [0.3, 0.4) is 0 Å². The van der Waals surface area contributed by atoms with Crippen LogP contribution in [0.4, 0.5) is 13.2 Å². The minimum absolute atomic E-state index is 0.0172. The van der Waals surface area contributed by atoms with Crippen LogP contribution in [0.25, 0.3) is 34.3 Å². The van der Waals surface area contributed by atoms with Crippen LogP contribution in [0.5, 0.6) is 0 Å². The van der Waals surface area contributed by atoms with E-state index in [1.54, 1.807) is 18.2 Å². The number of nitrogens with zero attached hydrogens (tertiary/aromatic N) is 3. The summed E-state index contributed by atoms with van der Waals surface area (Å²) in [5.41, 5.74) is -0.622. The van der Waals surface area contributed by atoms with Gasteiger partial charge in [-0.15, -0.1) is 0 Å². The van der Waals surface area contributed by atoms with Crippen molar-refractivity contribution >= 4 is 5.91 Å². The van der Waals surface area contributed by atoms with Gasteiger partial charge >= 0.3 is 6.18 Å². The molecule has 35 heavy (non-hydrogen) atoms. The minimum Gasteiger partial charge on any atom is -0.383 e. The minimum atomic E-state index is -4.79. The summed E-state index contributed by atoms with van der Waals surface area (Å²) in [5.74, 6) is -1.81. The normalized spacial score (nSPS) is 12.5. The SMILES string of the molecule is COCCNC(=O)[C@H](O)c1ccc(-c2noc(-c3onc(-c4ccccc4)c3C(F)(F)F)n2)cc1. The van der Waals surface area contributed by atoms with Crippen LogP contribution in [0.15, 0.2) is 63.6 Å². The average Bonchev–Trinajstić information content (AvgIpc) is 3.52. The van der Waals surface area contributed by atoms with Crippen molar-refractivity contribution in [1.82, 2.24) is 20.6 Å². The van der Waals surface area contributed by atoms with E-state index in [0.717, 1.165) is 0 Å². The van der Waals surface area contributed by atoms with E-state index in [1.165, 1.54) is 43.5 Å². The summed E-state index contributed by atoms with van der Waals surface area (Å²) in [6.07, 6.45) is -6.21. The highest BCUT2D eigenvalue weighted by atomic mass is 19.4. The molecule has 2 heterocycles. The van der Waals surface area contributed by atoms with Crippen molar-refractivity contribution in [1.29, 1.82) is 0 Å². The maximum Gasteiger partial charge on any atom is 0.422 e. The van der Waals surface area contributed by atoms with Gasteiger partial charge in [0.25, 0.3) is 11.8 Å². The topological polar surface area (TPSA) is 124 Å². The Labute approximate surface area is 196 Å². The Morgan fingerprint density at radius 2 is 1.77 bits per heavy atom. The Kier molecular flexibility index (Phi) is 6.94. The largest absolute Gasteiger partial charge is 0.422 e. The molecule has 0 aliphatic carbocycles. The highest BCUT2D eigenvalue weighted by Crippen LogP contribution is 2.43. The summed E-state index contributed by atoms with van der Waals surface area (Å²) in [4.78, 5) is 16.0. The molecule has 9 nitrogen and oxygen atoms in total. The van der Waals surface area contributed by atoms with E-state index in [0.29, 0.717) is 17.7 Å². The van der Waals surface area contributed by atoms with Crippen molar-refractivity contribution in [3.05, 3.63) is 65.7 Å². The Morgan fingerprint density at radius 1 is 1.06 bits per heavy atom. The van der Waals surface area contributed by atoms with Gasteiger partial charge in [-0.1, -0.05) is 64.9 Å². The number of alkyl halides is 3. The number of nitrogens with one attached hydrogen (secondary N) is 1. The number of hydrogen-bond acceptors (Lipinski definition) is 8. The molecule has 0 saturated heterocycles. The Bertz CT molecular complexity index is 1290. The smallest absolute Gasteiger partial charge is 0.383 e. The van der Waals surface area contributed by atoms with E-state index in [-0.39, 0.29) is 17.9 Å². The molecule has 1 amide bonds. The number of hydrogen-bond donors (Lipinski definition) is 2. The third-order valence-electron chi connectivity index (χ3n) is 4.98. The quantitative estimate of drug-likeness (QED) is 0.358. The van der Waals surface area contributed by atoms with Crippen LogP contribution in [-0.2, 0) is 15.7 Å². The first-order chi connectivity index (χ1) is 16.8. The molecule has 2 N–H and O–H groups in total. The second-order valence-electron chi connectivity index (χ2n) is 7.33. The molecule has 0 spiro atoms. The maximum absolute atomic E-state index is 13.9. The fourth-order valence-corrected chi connectivity index (χ4v) is 3.26. The number of aromatic nitrogens is 3. The second kappa shape index (κ2) is 10.1. The van der Waals surface area contributed by atoms with Gasteiger partial charge in [0.05, 0.1) is 6.61 Å². The Hall–Kier alpha value is -4.03. The average molecular weight is 488 g/mol. The lowest BCUT2D eigenvalue weighted by Gasteiger charge is -2.11. The lowest BCUT2D eigenvalue weighted by Crippen LogP contribution is -2.31. The third kappa shape index (κ3) is 5.23. The second-order valence-corrected chi connectivity index (χ2v) is 7.33. The number of carbonyl (C=O) groups is 1. The molecule has 1 atom stereocenters. The van der Waals surface area contributed by atoms with Crippen LogP contribution in [-0.4, -0.2) is 46.6 Å². The number of aliphatic hydroxyl groups excluding tert-OH is 1. The monoisotopic (exact) mass is 488 g/mol. The zero-order chi connectivity index (χ0) is 25.0. The van der Waals surface area contributed by atoms with E-state index in [2.05, 4.69) is 20.6 Å². The van der Waals surface area contributed by atoms with Crippen molar-refractivity contribution in [2.45, 2.75) is 12.3 Å². The number of benzene rings is 2. The number of methoxy groups -OCH3 is 1. The van der Waals surface area contributed by atoms with Gasteiger partial charge in [-0.05, 0) is 5.56 Å². The first-order valence-electron chi connectivity index (χ1n) is 10.3. The molecule has 2 aromatic carbocycles. The number of amides is 1. The van der Waals surface area contributed by atoms with Crippen LogP contribution in [0.2, 0.25) is 0 Å². The number of rotatable bonds is 8.